The van der Waals surface area contributed by atoms with E-state index in [1.807, 2.05) is 0 Å². The number of halogens is 7. The van der Waals surface area contributed by atoms with Gasteiger partial charge < -0.3 is 5.11 Å². The second kappa shape index (κ2) is 10.8. The maximum atomic E-state index is 15.3. The van der Waals surface area contributed by atoms with E-state index < -0.39 is 104 Å². The van der Waals surface area contributed by atoms with E-state index in [0.717, 1.165) is 4.90 Å². The summed E-state index contributed by atoms with van der Waals surface area (Å²) >= 11 is 14.4. The summed E-state index contributed by atoms with van der Waals surface area (Å²) in [6.45, 7) is 0. The SMILES string of the molecule is O=C1C2CC=C3C(CC4(Cl)C(=O)N(c5c(F)c(F)c(F)c(F)c5F)C(=O)C4(Cl)C3c3c(O)ccc4ccccc34)C2C(=O)N1c1ccccc1. The second-order valence-corrected chi connectivity index (χ2v) is 14.0. The number of aromatic hydroxyl groups is 1. The van der Waals surface area contributed by atoms with E-state index in [1.54, 1.807) is 66.7 Å². The van der Waals surface area contributed by atoms with Gasteiger partial charge in [-0.1, -0.05) is 60.2 Å². The Kier molecular flexibility index (Phi) is 7.03. The molecule has 0 aromatic heterocycles. The summed E-state index contributed by atoms with van der Waals surface area (Å²) in [6.07, 6.45) is 0.903. The number of benzene rings is 4. The first-order valence-corrected chi connectivity index (χ1v) is 16.1. The fourth-order valence-electron chi connectivity index (χ4n) is 8.30. The number of anilines is 2. The van der Waals surface area contributed by atoms with Crippen LogP contribution < -0.4 is 9.80 Å². The molecule has 2 aliphatic carbocycles. The molecule has 4 aliphatic rings. The third kappa shape index (κ3) is 3.91. The summed E-state index contributed by atoms with van der Waals surface area (Å²) in [5.74, 6) is -21.9. The molecule has 0 bridgehead atoms. The van der Waals surface area contributed by atoms with E-state index >= 15 is 8.78 Å². The standard InChI is InChI=1S/C36H21Cl2F5N2O5/c37-35-14-20-18(11-12-19-22(20)32(48)44(31(19)47)16-7-2-1-3-8-16)24(23-17-9-5-4-6-15(17)10-13-21(23)46)36(35,38)34(50)45(33(35)49)30-28(42)26(40)25(39)27(41)29(30)43/h1-11,13,19-20,22,24,46H,12,14H2. The number of amides is 4. The molecule has 8 rings (SSSR count). The number of allylic oxidation sites excluding steroid dienone is 2. The topological polar surface area (TPSA) is 95.0 Å². The molecule has 4 aromatic rings. The number of phenols is 1. The van der Waals surface area contributed by atoms with Gasteiger partial charge in [-0.3, -0.25) is 24.1 Å². The number of hydrogen-bond acceptors (Lipinski definition) is 5. The predicted octanol–water partition coefficient (Wildman–Crippen LogP) is 7.01. The Labute approximate surface area is 289 Å². The third-order valence-electron chi connectivity index (χ3n) is 10.5. The van der Waals surface area contributed by atoms with Crippen LogP contribution in [0.25, 0.3) is 10.8 Å². The van der Waals surface area contributed by atoms with E-state index in [4.69, 9.17) is 23.2 Å². The summed E-state index contributed by atoms with van der Waals surface area (Å²) < 4.78 is 73.7. The number of carbonyl (C=O) groups is 4. The summed E-state index contributed by atoms with van der Waals surface area (Å²) in [5, 5.41) is 12.3. The van der Waals surface area contributed by atoms with Crippen molar-refractivity contribution in [2.75, 3.05) is 9.80 Å². The minimum atomic E-state index is -2.76. The Morgan fingerprint density at radius 3 is 2.00 bits per heavy atom. The molecule has 254 valence electrons. The quantitative estimate of drug-likeness (QED) is 0.0613. The minimum absolute atomic E-state index is 0.0296. The fraction of sp³-hybridized carbons (Fsp3) is 0.222. The lowest BCUT2D eigenvalue weighted by Gasteiger charge is -2.51. The van der Waals surface area contributed by atoms with Gasteiger partial charge in [0.25, 0.3) is 11.8 Å². The van der Waals surface area contributed by atoms with Crippen LogP contribution in [0.3, 0.4) is 0 Å². The van der Waals surface area contributed by atoms with E-state index in [1.165, 1.54) is 6.07 Å². The average Bonchev–Trinajstić information content (AvgIpc) is 3.45. The number of alkyl halides is 2. The molecule has 6 unspecified atom stereocenters. The van der Waals surface area contributed by atoms with Crippen LogP contribution in [-0.2, 0) is 19.2 Å². The van der Waals surface area contributed by atoms with Crippen LogP contribution in [0.1, 0.15) is 24.3 Å². The molecule has 2 heterocycles. The van der Waals surface area contributed by atoms with Gasteiger partial charge in [-0.2, -0.15) is 0 Å². The van der Waals surface area contributed by atoms with Crippen molar-refractivity contribution in [1.82, 2.24) is 0 Å². The van der Waals surface area contributed by atoms with Gasteiger partial charge >= 0.3 is 0 Å². The van der Waals surface area contributed by atoms with Gasteiger partial charge in [0.1, 0.15) is 11.4 Å². The summed E-state index contributed by atoms with van der Waals surface area (Å²) in [7, 11) is 0. The monoisotopic (exact) mass is 726 g/mol. The number of rotatable bonds is 3. The summed E-state index contributed by atoms with van der Waals surface area (Å²) in [5.41, 5.74) is -1.38. The first-order valence-electron chi connectivity index (χ1n) is 15.4. The number of imide groups is 2. The lowest BCUT2D eigenvalue weighted by molar-refractivity contribution is -0.125. The maximum Gasteiger partial charge on any atom is 0.258 e. The molecule has 2 saturated heterocycles. The number of fused-ring (bicyclic) bond motifs is 5. The highest BCUT2D eigenvalue weighted by molar-refractivity contribution is 6.58. The van der Waals surface area contributed by atoms with Crippen molar-refractivity contribution < 1.29 is 46.2 Å². The molecule has 6 atom stereocenters. The van der Waals surface area contributed by atoms with Crippen LogP contribution in [-0.4, -0.2) is 38.5 Å². The van der Waals surface area contributed by atoms with E-state index in [2.05, 4.69) is 0 Å². The number of hydrogen-bond donors (Lipinski definition) is 1. The van der Waals surface area contributed by atoms with Crippen LogP contribution in [0.2, 0.25) is 0 Å². The Morgan fingerprint density at radius 1 is 0.700 bits per heavy atom. The molecule has 50 heavy (non-hydrogen) atoms. The van der Waals surface area contributed by atoms with Crippen LogP contribution >= 0.6 is 23.2 Å². The number of phenolic OH excluding ortho intramolecular Hbond substituents is 1. The van der Waals surface area contributed by atoms with Crippen molar-refractivity contribution in [2.45, 2.75) is 28.5 Å². The van der Waals surface area contributed by atoms with Gasteiger partial charge in [-0.05, 0) is 47.7 Å². The van der Waals surface area contributed by atoms with Gasteiger partial charge in [-0.15, -0.1) is 23.2 Å². The number of carbonyl (C=O) groups excluding carboxylic acids is 4. The van der Waals surface area contributed by atoms with Crippen molar-refractivity contribution in [3.8, 4) is 5.75 Å². The number of nitrogens with zero attached hydrogens (tertiary/aromatic N) is 2. The second-order valence-electron chi connectivity index (χ2n) is 12.8. The fourth-order valence-corrected chi connectivity index (χ4v) is 9.22. The highest BCUT2D eigenvalue weighted by atomic mass is 35.5. The van der Waals surface area contributed by atoms with Crippen molar-refractivity contribution in [1.29, 1.82) is 0 Å². The Morgan fingerprint density at radius 2 is 1.32 bits per heavy atom. The lowest BCUT2D eigenvalue weighted by atomic mass is 9.56. The van der Waals surface area contributed by atoms with Crippen LogP contribution in [0.15, 0.2) is 78.4 Å². The van der Waals surface area contributed by atoms with Crippen molar-refractivity contribution >= 4 is 69.0 Å². The Balaban J connectivity index is 1.39. The predicted molar refractivity (Wildman–Crippen MR) is 171 cm³/mol. The van der Waals surface area contributed by atoms with Crippen LogP contribution in [0, 0.1) is 46.8 Å². The molecule has 2 aliphatic heterocycles. The van der Waals surface area contributed by atoms with Crippen LogP contribution in [0.5, 0.6) is 5.75 Å². The Hall–Kier alpha value is -4.81. The minimum Gasteiger partial charge on any atom is -0.508 e. The summed E-state index contributed by atoms with van der Waals surface area (Å²) in [4.78, 5) is 52.2. The highest BCUT2D eigenvalue weighted by Crippen LogP contribution is 2.67. The third-order valence-corrected chi connectivity index (χ3v) is 11.9. The Bertz CT molecular complexity index is 2240. The zero-order valence-corrected chi connectivity index (χ0v) is 26.8. The molecular weight excluding hydrogens is 706 g/mol. The zero-order valence-electron chi connectivity index (χ0n) is 25.3. The van der Waals surface area contributed by atoms with Gasteiger partial charge in [0.05, 0.1) is 17.5 Å². The molecule has 4 aromatic carbocycles. The molecule has 1 saturated carbocycles. The van der Waals surface area contributed by atoms with Gasteiger partial charge in [-0.25, -0.2) is 26.9 Å². The molecule has 0 radical (unpaired) electrons. The average molecular weight is 727 g/mol. The van der Waals surface area contributed by atoms with Crippen molar-refractivity contribution in [3.63, 3.8) is 0 Å². The van der Waals surface area contributed by atoms with E-state index in [9.17, 15) is 37.5 Å². The van der Waals surface area contributed by atoms with Crippen molar-refractivity contribution in [3.05, 3.63) is 113 Å². The molecule has 7 nitrogen and oxygen atoms in total. The van der Waals surface area contributed by atoms with Gasteiger partial charge in [0, 0.05) is 11.5 Å². The molecule has 4 amide bonds. The van der Waals surface area contributed by atoms with Gasteiger partial charge in [0.2, 0.25) is 17.6 Å². The highest BCUT2D eigenvalue weighted by Gasteiger charge is 2.77. The molecule has 14 heteroatoms. The molecule has 1 N–H and O–H groups in total. The first-order chi connectivity index (χ1) is 23.8. The summed E-state index contributed by atoms with van der Waals surface area (Å²) in [6, 6.07) is 17.5. The normalized spacial score (nSPS) is 29.0. The molecular formula is C36H21Cl2F5N2O5. The van der Waals surface area contributed by atoms with Crippen LogP contribution in [0.4, 0.5) is 33.3 Å². The molecule has 3 fully saturated rings. The van der Waals surface area contributed by atoms with E-state index in [0.29, 0.717) is 10.8 Å². The van der Waals surface area contributed by atoms with Gasteiger partial charge in [0.15, 0.2) is 33.0 Å². The maximum absolute atomic E-state index is 15.3. The smallest absolute Gasteiger partial charge is 0.258 e. The van der Waals surface area contributed by atoms with Crippen molar-refractivity contribution in [2.24, 2.45) is 17.8 Å². The first kappa shape index (κ1) is 32.4. The lowest BCUT2D eigenvalue weighted by Crippen LogP contribution is -2.60. The van der Waals surface area contributed by atoms with E-state index in [-0.39, 0.29) is 28.1 Å². The molecule has 0 spiro atoms. The largest absolute Gasteiger partial charge is 0.508 e. The number of para-hydroxylation sites is 1. The zero-order chi connectivity index (χ0) is 35.6.